The summed E-state index contributed by atoms with van der Waals surface area (Å²) in [5.41, 5.74) is 5.70. The predicted octanol–water partition coefficient (Wildman–Crippen LogP) is 3.19. The summed E-state index contributed by atoms with van der Waals surface area (Å²) in [5, 5.41) is 4.88. The van der Waals surface area contributed by atoms with Crippen molar-refractivity contribution >= 4 is 5.91 Å². The van der Waals surface area contributed by atoms with Crippen LogP contribution in [0, 0.1) is 5.92 Å². The molecule has 1 fully saturated rings. The Hall–Kier alpha value is -2.82. The van der Waals surface area contributed by atoms with Crippen LogP contribution < -0.4 is 0 Å². The van der Waals surface area contributed by atoms with Crippen LogP contribution in [0.5, 0.6) is 0 Å². The molecule has 1 aromatic carbocycles. The summed E-state index contributed by atoms with van der Waals surface area (Å²) < 4.78 is 4.12. The van der Waals surface area contributed by atoms with E-state index in [-0.39, 0.29) is 5.92 Å². The molecule has 0 N–H and O–H groups in total. The van der Waals surface area contributed by atoms with Gasteiger partial charge in [0.25, 0.3) is 0 Å². The van der Waals surface area contributed by atoms with E-state index in [1.807, 2.05) is 22.7 Å². The van der Waals surface area contributed by atoms with Crippen LogP contribution in [0.2, 0.25) is 0 Å². The molecule has 0 bridgehead atoms. The van der Waals surface area contributed by atoms with Crippen molar-refractivity contribution in [1.82, 2.24) is 19.2 Å². The van der Waals surface area contributed by atoms with Gasteiger partial charge in [0.2, 0.25) is 5.91 Å². The summed E-state index contributed by atoms with van der Waals surface area (Å²) in [6.07, 6.45) is 6.25. The lowest BCUT2D eigenvalue weighted by Crippen LogP contribution is -2.31. The molecular weight excluding hydrogens is 324 g/mol. The van der Waals surface area contributed by atoms with Crippen LogP contribution in [-0.2, 0) is 31.5 Å². The molecule has 0 atom stereocenters. The minimum atomic E-state index is 0.236. The molecule has 1 saturated carbocycles. The van der Waals surface area contributed by atoms with Crippen molar-refractivity contribution < 1.29 is 4.79 Å². The van der Waals surface area contributed by atoms with E-state index in [9.17, 15) is 4.79 Å². The van der Waals surface area contributed by atoms with E-state index in [1.54, 1.807) is 0 Å². The number of nitrogens with zero attached hydrogens (tertiary/aromatic N) is 4. The molecule has 26 heavy (non-hydrogen) atoms. The second kappa shape index (κ2) is 5.87. The third-order valence-corrected chi connectivity index (χ3v) is 5.42. The molecule has 3 heterocycles. The van der Waals surface area contributed by atoms with Gasteiger partial charge in [0.05, 0.1) is 18.8 Å². The zero-order chi connectivity index (χ0) is 17.7. The molecule has 0 spiro atoms. The summed E-state index contributed by atoms with van der Waals surface area (Å²) in [7, 11) is 2.05. The fraction of sp³-hybridized carbons (Fsp3) is 0.333. The van der Waals surface area contributed by atoms with Crippen LogP contribution in [0.1, 0.15) is 29.7 Å². The highest BCUT2D eigenvalue weighted by Crippen LogP contribution is 2.36. The Morgan fingerprint density at radius 1 is 1.15 bits per heavy atom. The van der Waals surface area contributed by atoms with E-state index < -0.39 is 0 Å². The Bertz CT molecular complexity index is 965. The molecule has 132 valence electrons. The Morgan fingerprint density at radius 3 is 2.73 bits per heavy atom. The van der Waals surface area contributed by atoms with Gasteiger partial charge in [0, 0.05) is 48.7 Å². The second-order valence-electron chi connectivity index (χ2n) is 7.44. The fourth-order valence-corrected chi connectivity index (χ4v) is 3.82. The number of rotatable bonds is 3. The minimum absolute atomic E-state index is 0.236. The molecule has 1 aliphatic carbocycles. The van der Waals surface area contributed by atoms with Gasteiger partial charge >= 0.3 is 0 Å². The molecule has 5 nitrogen and oxygen atoms in total. The van der Waals surface area contributed by atoms with Gasteiger partial charge in [-0.15, -0.1) is 0 Å². The first kappa shape index (κ1) is 15.4. The van der Waals surface area contributed by atoms with Crippen LogP contribution in [-0.4, -0.2) is 25.2 Å². The van der Waals surface area contributed by atoms with Gasteiger partial charge < -0.3 is 9.47 Å². The number of benzene rings is 1. The second-order valence-corrected chi connectivity index (χ2v) is 7.44. The topological polar surface area (TPSA) is 43.1 Å². The summed E-state index contributed by atoms with van der Waals surface area (Å²) in [6, 6.07) is 12.5. The third-order valence-electron chi connectivity index (χ3n) is 5.42. The number of carbonyl (C=O) groups excluding carboxylic acids is 1. The lowest BCUT2D eigenvalue weighted by atomic mass is 10.1. The Balaban J connectivity index is 1.54. The molecule has 5 rings (SSSR count). The molecule has 5 heteroatoms. The number of aromatic nitrogens is 3. The van der Waals surface area contributed by atoms with Crippen molar-refractivity contribution in [3.8, 4) is 11.3 Å². The van der Waals surface area contributed by atoms with Crippen LogP contribution in [0.4, 0.5) is 0 Å². The van der Waals surface area contributed by atoms with E-state index >= 15 is 0 Å². The van der Waals surface area contributed by atoms with E-state index in [0.29, 0.717) is 19.0 Å². The molecule has 2 aliphatic rings. The van der Waals surface area contributed by atoms with Gasteiger partial charge in [0.1, 0.15) is 0 Å². The summed E-state index contributed by atoms with van der Waals surface area (Å²) in [6.45, 7) is 2.06. The Labute approximate surface area is 152 Å². The molecule has 1 amide bonds. The van der Waals surface area contributed by atoms with Gasteiger partial charge in [0.15, 0.2) is 0 Å². The van der Waals surface area contributed by atoms with E-state index in [4.69, 9.17) is 5.10 Å². The average Bonchev–Trinajstić information content (AvgIpc) is 3.37. The van der Waals surface area contributed by atoms with Crippen molar-refractivity contribution in [2.75, 3.05) is 0 Å². The highest BCUT2D eigenvalue weighted by atomic mass is 16.2. The number of amides is 1. The SMILES string of the molecule is Cn1ccc2c1CN(C(=O)C1CC1)Cc1cn(Cc3ccccc3)nc1-2. The molecule has 0 saturated heterocycles. The standard InChI is InChI=1S/C21H22N4O/c1-23-10-9-18-19(23)14-24(21(26)16-7-8-16)12-17-13-25(22-20(17)18)11-15-5-3-2-4-6-15/h2-6,9-10,13,16H,7-8,11-12,14H2,1H3. The molecule has 2 aromatic heterocycles. The van der Waals surface area contributed by atoms with Crippen molar-refractivity contribution in [3.63, 3.8) is 0 Å². The van der Waals surface area contributed by atoms with Crippen molar-refractivity contribution in [1.29, 1.82) is 0 Å². The Morgan fingerprint density at radius 2 is 1.96 bits per heavy atom. The molecular formula is C21H22N4O. The average molecular weight is 346 g/mol. The first-order chi connectivity index (χ1) is 12.7. The maximum absolute atomic E-state index is 12.8. The van der Waals surface area contributed by atoms with E-state index in [0.717, 1.165) is 36.2 Å². The number of aryl methyl sites for hydroxylation is 1. The van der Waals surface area contributed by atoms with Crippen molar-refractivity contribution in [2.24, 2.45) is 13.0 Å². The first-order valence-corrected chi connectivity index (χ1v) is 9.22. The summed E-state index contributed by atoms with van der Waals surface area (Å²) in [5.74, 6) is 0.528. The fourth-order valence-electron chi connectivity index (χ4n) is 3.82. The molecule has 3 aromatic rings. The van der Waals surface area contributed by atoms with Crippen LogP contribution >= 0.6 is 0 Å². The zero-order valence-electron chi connectivity index (χ0n) is 14.9. The summed E-state index contributed by atoms with van der Waals surface area (Å²) in [4.78, 5) is 14.8. The highest BCUT2D eigenvalue weighted by Gasteiger charge is 2.36. The monoisotopic (exact) mass is 346 g/mol. The number of carbonyl (C=O) groups is 1. The number of hydrogen-bond acceptors (Lipinski definition) is 2. The first-order valence-electron chi connectivity index (χ1n) is 9.22. The quantitative estimate of drug-likeness (QED) is 0.731. The summed E-state index contributed by atoms with van der Waals surface area (Å²) >= 11 is 0. The smallest absolute Gasteiger partial charge is 0.226 e. The van der Waals surface area contributed by atoms with Gasteiger partial charge in [-0.25, -0.2) is 0 Å². The highest BCUT2D eigenvalue weighted by molar-refractivity contribution is 5.82. The normalized spacial score (nSPS) is 16.1. The lowest BCUT2D eigenvalue weighted by Gasteiger charge is -2.21. The Kier molecular flexibility index (Phi) is 3.48. The van der Waals surface area contributed by atoms with Gasteiger partial charge in [-0.2, -0.15) is 5.10 Å². The molecule has 1 aliphatic heterocycles. The lowest BCUT2D eigenvalue weighted by molar-refractivity contribution is -0.133. The van der Waals surface area contributed by atoms with Crippen LogP contribution in [0.25, 0.3) is 11.3 Å². The maximum atomic E-state index is 12.8. The third kappa shape index (κ3) is 2.64. The van der Waals surface area contributed by atoms with E-state index in [1.165, 1.54) is 11.3 Å². The molecule has 0 unspecified atom stereocenters. The van der Waals surface area contributed by atoms with Crippen LogP contribution in [0.15, 0.2) is 48.8 Å². The van der Waals surface area contributed by atoms with Gasteiger partial charge in [-0.3, -0.25) is 9.48 Å². The number of fused-ring (bicyclic) bond motifs is 3. The van der Waals surface area contributed by atoms with Gasteiger partial charge in [-0.1, -0.05) is 30.3 Å². The largest absolute Gasteiger partial charge is 0.352 e. The number of hydrogen-bond donors (Lipinski definition) is 0. The van der Waals surface area contributed by atoms with Crippen LogP contribution in [0.3, 0.4) is 0 Å². The predicted molar refractivity (Wildman–Crippen MR) is 99.2 cm³/mol. The zero-order valence-corrected chi connectivity index (χ0v) is 14.9. The van der Waals surface area contributed by atoms with E-state index in [2.05, 4.69) is 47.3 Å². The van der Waals surface area contributed by atoms with Crippen molar-refractivity contribution in [3.05, 3.63) is 65.6 Å². The van der Waals surface area contributed by atoms with Crippen molar-refractivity contribution in [2.45, 2.75) is 32.5 Å². The van der Waals surface area contributed by atoms with Gasteiger partial charge in [-0.05, 0) is 24.5 Å². The minimum Gasteiger partial charge on any atom is -0.352 e. The maximum Gasteiger partial charge on any atom is 0.226 e. The molecule has 0 radical (unpaired) electrons.